The summed E-state index contributed by atoms with van der Waals surface area (Å²) in [6, 6.07) is 8.42. The molecule has 21 heavy (non-hydrogen) atoms. The van der Waals surface area contributed by atoms with Gasteiger partial charge in [-0.05, 0) is 12.0 Å². The smallest absolute Gasteiger partial charge is 0.208 e. The number of thioether (sulfide) groups is 1. The Balaban J connectivity index is 1.60. The van der Waals surface area contributed by atoms with E-state index in [-0.39, 0.29) is 0 Å². The lowest BCUT2D eigenvalue weighted by Crippen LogP contribution is -1.96. The first-order chi connectivity index (χ1) is 10.3. The fourth-order valence-electron chi connectivity index (χ4n) is 2.00. The quantitative estimate of drug-likeness (QED) is 0.711. The summed E-state index contributed by atoms with van der Waals surface area (Å²) in [6.07, 6.45) is 6.61. The van der Waals surface area contributed by atoms with Crippen molar-refractivity contribution in [2.24, 2.45) is 0 Å². The van der Waals surface area contributed by atoms with Gasteiger partial charge in [-0.1, -0.05) is 43.0 Å². The van der Waals surface area contributed by atoms with Crippen LogP contribution in [0.2, 0.25) is 0 Å². The van der Waals surface area contributed by atoms with Gasteiger partial charge >= 0.3 is 0 Å². The molecule has 0 spiro atoms. The minimum absolute atomic E-state index is 0.782. The maximum atomic E-state index is 4.53. The molecule has 0 radical (unpaired) electrons. The topological polar surface area (TPSA) is 59.4 Å². The van der Waals surface area contributed by atoms with Gasteiger partial charge in [0.25, 0.3) is 0 Å². The summed E-state index contributed by atoms with van der Waals surface area (Å²) in [6.45, 7) is 3.05. The molecule has 108 valence electrons. The molecule has 6 heteroatoms. The van der Waals surface area contributed by atoms with Crippen LogP contribution in [0.15, 0.2) is 48.1 Å². The van der Waals surface area contributed by atoms with Gasteiger partial charge in [-0.15, -0.1) is 5.10 Å². The number of hydrogen-bond donors (Lipinski definition) is 1. The zero-order valence-electron chi connectivity index (χ0n) is 11.9. The number of benzene rings is 1. The van der Waals surface area contributed by atoms with E-state index in [1.54, 1.807) is 18.0 Å². The summed E-state index contributed by atoms with van der Waals surface area (Å²) < 4.78 is 2.05. The Morgan fingerprint density at radius 2 is 2.10 bits per heavy atom. The van der Waals surface area contributed by atoms with Crippen LogP contribution in [0.25, 0.3) is 11.4 Å². The van der Waals surface area contributed by atoms with E-state index in [1.165, 1.54) is 5.56 Å². The number of rotatable bonds is 6. The Morgan fingerprint density at radius 3 is 2.81 bits per heavy atom. The molecule has 0 saturated carbocycles. The van der Waals surface area contributed by atoms with E-state index in [1.807, 2.05) is 17.1 Å². The standard InChI is InChI=1S/C15H17N5S/c1-2-12-3-5-13(6-4-12)14-17-15(19-18-14)21-10-9-20-8-7-16-11-20/h3-8,11H,2,9-10H2,1H3,(H,17,18,19). The van der Waals surface area contributed by atoms with E-state index in [0.717, 1.165) is 35.3 Å². The lowest BCUT2D eigenvalue weighted by molar-refractivity contribution is 0.769. The van der Waals surface area contributed by atoms with Crippen LogP contribution in [0.4, 0.5) is 0 Å². The van der Waals surface area contributed by atoms with Crippen LogP contribution in [0, 0.1) is 0 Å². The second-order valence-electron chi connectivity index (χ2n) is 4.67. The van der Waals surface area contributed by atoms with E-state index in [4.69, 9.17) is 0 Å². The highest BCUT2D eigenvalue weighted by atomic mass is 32.2. The Labute approximate surface area is 127 Å². The Hall–Kier alpha value is -2.08. The molecular weight excluding hydrogens is 282 g/mol. The lowest BCUT2D eigenvalue weighted by atomic mass is 10.1. The lowest BCUT2D eigenvalue weighted by Gasteiger charge is -1.99. The average molecular weight is 299 g/mol. The molecule has 0 bridgehead atoms. The molecule has 0 aliphatic rings. The average Bonchev–Trinajstić information content (AvgIpc) is 3.19. The zero-order chi connectivity index (χ0) is 14.5. The largest absolute Gasteiger partial charge is 0.337 e. The van der Waals surface area contributed by atoms with Crippen molar-refractivity contribution in [3.8, 4) is 11.4 Å². The first kappa shape index (κ1) is 13.9. The number of aryl methyl sites for hydroxylation is 2. The summed E-state index contributed by atoms with van der Waals surface area (Å²) >= 11 is 1.64. The number of imidazole rings is 1. The zero-order valence-corrected chi connectivity index (χ0v) is 12.7. The van der Waals surface area contributed by atoms with Gasteiger partial charge < -0.3 is 4.57 Å². The number of hydrogen-bond acceptors (Lipinski definition) is 4. The first-order valence-corrected chi connectivity index (χ1v) is 7.94. The number of aromatic nitrogens is 5. The molecule has 0 aliphatic carbocycles. The van der Waals surface area contributed by atoms with Gasteiger partial charge in [-0.25, -0.2) is 9.97 Å². The number of nitrogens with one attached hydrogen (secondary N) is 1. The van der Waals surface area contributed by atoms with Gasteiger partial charge in [0.1, 0.15) is 0 Å². The van der Waals surface area contributed by atoms with Crippen molar-refractivity contribution in [1.29, 1.82) is 0 Å². The fraction of sp³-hybridized carbons (Fsp3) is 0.267. The van der Waals surface area contributed by atoms with Crippen LogP contribution in [0.5, 0.6) is 0 Å². The van der Waals surface area contributed by atoms with Gasteiger partial charge in [0.05, 0.1) is 6.33 Å². The van der Waals surface area contributed by atoms with Gasteiger partial charge in [0.2, 0.25) is 5.16 Å². The predicted molar refractivity (Wildman–Crippen MR) is 84.1 cm³/mol. The summed E-state index contributed by atoms with van der Waals surface area (Å²) in [5, 5.41) is 8.04. The molecule has 3 aromatic rings. The van der Waals surface area contributed by atoms with Crippen LogP contribution in [0.3, 0.4) is 0 Å². The minimum atomic E-state index is 0.782. The fourth-order valence-corrected chi connectivity index (χ4v) is 2.75. The van der Waals surface area contributed by atoms with Gasteiger partial charge in [0.15, 0.2) is 5.82 Å². The third-order valence-corrected chi connectivity index (χ3v) is 4.07. The van der Waals surface area contributed by atoms with E-state index in [0.29, 0.717) is 0 Å². The van der Waals surface area contributed by atoms with E-state index >= 15 is 0 Å². The molecule has 5 nitrogen and oxygen atoms in total. The number of H-pyrrole nitrogens is 1. The second-order valence-corrected chi connectivity index (χ2v) is 5.73. The molecule has 0 saturated heterocycles. The summed E-state index contributed by atoms with van der Waals surface area (Å²) in [7, 11) is 0. The van der Waals surface area contributed by atoms with Crippen LogP contribution < -0.4 is 0 Å². The van der Waals surface area contributed by atoms with Gasteiger partial charge in [0, 0.05) is 30.3 Å². The van der Waals surface area contributed by atoms with Crippen molar-refractivity contribution in [2.45, 2.75) is 25.0 Å². The van der Waals surface area contributed by atoms with Crippen molar-refractivity contribution in [2.75, 3.05) is 5.75 Å². The van der Waals surface area contributed by atoms with Crippen LogP contribution in [-0.2, 0) is 13.0 Å². The third-order valence-electron chi connectivity index (χ3n) is 3.24. The SMILES string of the molecule is CCc1ccc(-c2nc(SCCn3ccnc3)n[nH]2)cc1. The van der Waals surface area contributed by atoms with Crippen molar-refractivity contribution in [1.82, 2.24) is 24.7 Å². The molecule has 3 rings (SSSR count). The summed E-state index contributed by atoms with van der Waals surface area (Å²) in [5.41, 5.74) is 2.40. The molecule has 1 aromatic carbocycles. The second kappa shape index (κ2) is 6.58. The number of nitrogens with zero attached hydrogens (tertiary/aromatic N) is 4. The van der Waals surface area contributed by atoms with E-state index in [2.05, 4.69) is 51.4 Å². The minimum Gasteiger partial charge on any atom is -0.337 e. The molecule has 0 amide bonds. The Morgan fingerprint density at radius 1 is 1.24 bits per heavy atom. The highest BCUT2D eigenvalue weighted by Gasteiger charge is 2.06. The third kappa shape index (κ3) is 3.52. The molecule has 2 heterocycles. The van der Waals surface area contributed by atoms with Crippen LogP contribution >= 0.6 is 11.8 Å². The van der Waals surface area contributed by atoms with E-state index in [9.17, 15) is 0 Å². The van der Waals surface area contributed by atoms with Crippen molar-refractivity contribution >= 4 is 11.8 Å². The molecule has 2 aromatic heterocycles. The highest BCUT2D eigenvalue weighted by Crippen LogP contribution is 2.19. The summed E-state index contributed by atoms with van der Waals surface area (Å²) in [5.74, 6) is 1.74. The molecule has 0 aliphatic heterocycles. The normalized spacial score (nSPS) is 10.9. The Bertz CT molecular complexity index is 672. The molecule has 1 N–H and O–H groups in total. The van der Waals surface area contributed by atoms with E-state index < -0.39 is 0 Å². The monoisotopic (exact) mass is 299 g/mol. The summed E-state index contributed by atoms with van der Waals surface area (Å²) in [4.78, 5) is 8.55. The maximum Gasteiger partial charge on any atom is 0.208 e. The van der Waals surface area contributed by atoms with Crippen molar-refractivity contribution < 1.29 is 0 Å². The Kier molecular flexibility index (Phi) is 4.35. The molecule has 0 atom stereocenters. The van der Waals surface area contributed by atoms with Crippen molar-refractivity contribution in [3.05, 3.63) is 48.5 Å². The van der Waals surface area contributed by atoms with Gasteiger partial charge in [-0.2, -0.15) is 0 Å². The van der Waals surface area contributed by atoms with Crippen LogP contribution in [-0.4, -0.2) is 30.5 Å². The molecular formula is C15H17N5S. The first-order valence-electron chi connectivity index (χ1n) is 6.95. The molecule has 0 fully saturated rings. The highest BCUT2D eigenvalue weighted by molar-refractivity contribution is 7.99. The van der Waals surface area contributed by atoms with Crippen molar-refractivity contribution in [3.63, 3.8) is 0 Å². The van der Waals surface area contributed by atoms with Gasteiger partial charge in [-0.3, -0.25) is 5.10 Å². The predicted octanol–water partition coefficient (Wildman–Crippen LogP) is 3.02. The van der Waals surface area contributed by atoms with Crippen LogP contribution in [0.1, 0.15) is 12.5 Å². The maximum absolute atomic E-state index is 4.53. The molecule has 0 unspecified atom stereocenters. The number of aromatic amines is 1.